The van der Waals surface area contributed by atoms with Crippen LogP contribution in [0.4, 0.5) is 0 Å². The molecule has 0 N–H and O–H groups in total. The third kappa shape index (κ3) is 2.10. The second kappa shape index (κ2) is 4.93. The Bertz CT molecular complexity index is 887. The number of rotatable bonds is 2. The molecule has 5 heteroatoms. The van der Waals surface area contributed by atoms with E-state index in [1.54, 1.807) is 24.3 Å². The highest BCUT2D eigenvalue weighted by molar-refractivity contribution is 7.89. The Hall–Kier alpha value is -2.14. The summed E-state index contributed by atoms with van der Waals surface area (Å²) in [4.78, 5) is 12.6. The molecule has 0 unspecified atom stereocenters. The van der Waals surface area contributed by atoms with Crippen LogP contribution in [0, 0.1) is 12.8 Å². The summed E-state index contributed by atoms with van der Waals surface area (Å²) >= 11 is 0. The number of benzene rings is 2. The largest absolute Gasteiger partial charge is 0.274 e. The molecule has 1 saturated heterocycles. The summed E-state index contributed by atoms with van der Waals surface area (Å²) in [5, 5.41) is 0. The lowest BCUT2D eigenvalue weighted by Gasteiger charge is -2.24. The SMILES string of the molecule is Cc1ccc(S(=O)(=O)N2C(=O)C[C@H]3Cc4ccccc4[C@H]32)cc1. The number of aryl methyl sites for hydroxylation is 1. The van der Waals surface area contributed by atoms with Gasteiger partial charge in [0.1, 0.15) is 0 Å². The van der Waals surface area contributed by atoms with Crippen molar-refractivity contribution >= 4 is 15.9 Å². The van der Waals surface area contributed by atoms with Gasteiger partial charge in [-0.1, -0.05) is 42.0 Å². The van der Waals surface area contributed by atoms with E-state index in [4.69, 9.17) is 0 Å². The molecule has 2 aromatic carbocycles. The van der Waals surface area contributed by atoms with Gasteiger partial charge >= 0.3 is 0 Å². The number of amides is 1. The first-order valence-electron chi connectivity index (χ1n) is 7.70. The van der Waals surface area contributed by atoms with Gasteiger partial charge in [-0.15, -0.1) is 0 Å². The van der Waals surface area contributed by atoms with Gasteiger partial charge in [-0.3, -0.25) is 4.79 Å². The van der Waals surface area contributed by atoms with E-state index in [9.17, 15) is 13.2 Å². The third-order valence-electron chi connectivity index (χ3n) is 4.82. The van der Waals surface area contributed by atoms with E-state index in [0.717, 1.165) is 27.4 Å². The maximum atomic E-state index is 13.0. The van der Waals surface area contributed by atoms with Crippen LogP contribution in [0.2, 0.25) is 0 Å². The number of carbonyl (C=O) groups excluding carboxylic acids is 1. The van der Waals surface area contributed by atoms with Crippen LogP contribution in [-0.2, 0) is 21.2 Å². The molecule has 0 radical (unpaired) electrons. The fourth-order valence-electron chi connectivity index (χ4n) is 3.74. The maximum Gasteiger partial charge on any atom is 0.267 e. The van der Waals surface area contributed by atoms with Gasteiger partial charge in [-0.25, -0.2) is 12.7 Å². The molecule has 23 heavy (non-hydrogen) atoms. The first-order valence-corrected chi connectivity index (χ1v) is 9.14. The summed E-state index contributed by atoms with van der Waals surface area (Å²) in [5.41, 5.74) is 3.11. The monoisotopic (exact) mass is 327 g/mol. The van der Waals surface area contributed by atoms with Crippen molar-refractivity contribution in [1.82, 2.24) is 4.31 Å². The molecule has 1 aliphatic heterocycles. The van der Waals surface area contributed by atoms with Crippen LogP contribution in [0.1, 0.15) is 29.2 Å². The molecule has 0 aromatic heterocycles. The summed E-state index contributed by atoms with van der Waals surface area (Å²) < 4.78 is 27.1. The molecular weight excluding hydrogens is 310 g/mol. The Balaban J connectivity index is 1.81. The smallest absolute Gasteiger partial charge is 0.267 e. The molecule has 0 bridgehead atoms. The van der Waals surface area contributed by atoms with Gasteiger partial charge in [0.15, 0.2) is 0 Å². The molecule has 1 heterocycles. The predicted octanol–water partition coefficient (Wildman–Crippen LogP) is 2.83. The summed E-state index contributed by atoms with van der Waals surface area (Å²) in [6.07, 6.45) is 1.07. The second-order valence-electron chi connectivity index (χ2n) is 6.32. The van der Waals surface area contributed by atoms with E-state index in [-0.39, 0.29) is 22.8 Å². The minimum atomic E-state index is -3.82. The molecule has 1 fully saturated rings. The molecule has 0 spiro atoms. The van der Waals surface area contributed by atoms with Crippen molar-refractivity contribution in [3.05, 3.63) is 65.2 Å². The van der Waals surface area contributed by atoms with Gasteiger partial charge in [0.05, 0.1) is 10.9 Å². The molecule has 118 valence electrons. The molecule has 1 amide bonds. The van der Waals surface area contributed by atoms with Crippen LogP contribution in [0.3, 0.4) is 0 Å². The quantitative estimate of drug-likeness (QED) is 0.852. The molecule has 4 rings (SSSR count). The lowest BCUT2D eigenvalue weighted by atomic mass is 10.0. The molecular formula is C18H17NO3S. The van der Waals surface area contributed by atoms with Crippen LogP contribution >= 0.6 is 0 Å². The fourth-order valence-corrected chi connectivity index (χ4v) is 5.37. The van der Waals surface area contributed by atoms with Gasteiger partial charge in [0.25, 0.3) is 10.0 Å². The van der Waals surface area contributed by atoms with E-state index < -0.39 is 10.0 Å². The van der Waals surface area contributed by atoms with E-state index in [0.29, 0.717) is 6.42 Å². The highest BCUT2D eigenvalue weighted by atomic mass is 32.2. The van der Waals surface area contributed by atoms with Crippen molar-refractivity contribution in [2.75, 3.05) is 0 Å². The first-order chi connectivity index (χ1) is 11.0. The number of nitrogens with zero attached hydrogens (tertiary/aromatic N) is 1. The minimum Gasteiger partial charge on any atom is -0.274 e. The van der Waals surface area contributed by atoms with Crippen molar-refractivity contribution in [3.8, 4) is 0 Å². The summed E-state index contributed by atoms with van der Waals surface area (Å²) in [7, 11) is -3.82. The summed E-state index contributed by atoms with van der Waals surface area (Å²) in [6.45, 7) is 1.90. The standard InChI is InChI=1S/C18H17NO3S/c1-12-6-8-15(9-7-12)23(21,22)19-17(20)11-14-10-13-4-2-3-5-16(13)18(14)19/h2-9,14,18H,10-11H2,1H3/t14-,18+/m1/s1. The Morgan fingerprint density at radius 2 is 1.70 bits per heavy atom. The van der Waals surface area contributed by atoms with Crippen molar-refractivity contribution in [2.24, 2.45) is 5.92 Å². The zero-order valence-electron chi connectivity index (χ0n) is 12.8. The maximum absolute atomic E-state index is 13.0. The van der Waals surface area contributed by atoms with Gasteiger partial charge < -0.3 is 0 Å². The average Bonchev–Trinajstić information content (AvgIpc) is 3.02. The third-order valence-corrected chi connectivity index (χ3v) is 6.63. The zero-order chi connectivity index (χ0) is 16.2. The van der Waals surface area contributed by atoms with Crippen molar-refractivity contribution in [3.63, 3.8) is 0 Å². The molecule has 1 aliphatic carbocycles. The van der Waals surface area contributed by atoms with Crippen molar-refractivity contribution in [2.45, 2.75) is 30.7 Å². The number of sulfonamides is 1. The van der Waals surface area contributed by atoms with Crippen LogP contribution in [0.25, 0.3) is 0 Å². The number of hydrogen-bond acceptors (Lipinski definition) is 3. The molecule has 4 nitrogen and oxygen atoms in total. The molecule has 0 saturated carbocycles. The normalized spacial score (nSPS) is 23.0. The second-order valence-corrected chi connectivity index (χ2v) is 8.13. The predicted molar refractivity (Wildman–Crippen MR) is 86.2 cm³/mol. The van der Waals surface area contributed by atoms with Crippen LogP contribution in [-0.4, -0.2) is 18.6 Å². The van der Waals surface area contributed by atoms with E-state index in [2.05, 4.69) is 0 Å². The first kappa shape index (κ1) is 14.5. The molecule has 2 atom stereocenters. The van der Waals surface area contributed by atoms with Gasteiger partial charge in [-0.2, -0.15) is 0 Å². The van der Waals surface area contributed by atoms with E-state index >= 15 is 0 Å². The number of hydrogen-bond donors (Lipinski definition) is 0. The van der Waals surface area contributed by atoms with Gasteiger partial charge in [-0.05, 0) is 42.5 Å². The lowest BCUT2D eigenvalue weighted by Crippen LogP contribution is -2.34. The Morgan fingerprint density at radius 3 is 2.43 bits per heavy atom. The highest BCUT2D eigenvalue weighted by Gasteiger charge is 2.50. The lowest BCUT2D eigenvalue weighted by molar-refractivity contribution is -0.124. The van der Waals surface area contributed by atoms with Gasteiger partial charge in [0, 0.05) is 6.42 Å². The van der Waals surface area contributed by atoms with Crippen molar-refractivity contribution in [1.29, 1.82) is 0 Å². The molecule has 2 aliphatic rings. The summed E-state index contributed by atoms with van der Waals surface area (Å²) in [6, 6.07) is 14.1. The van der Waals surface area contributed by atoms with E-state index in [1.807, 2.05) is 31.2 Å². The Morgan fingerprint density at radius 1 is 1.00 bits per heavy atom. The van der Waals surface area contributed by atoms with Crippen LogP contribution < -0.4 is 0 Å². The van der Waals surface area contributed by atoms with Crippen LogP contribution in [0.15, 0.2) is 53.4 Å². The van der Waals surface area contributed by atoms with Gasteiger partial charge in [0.2, 0.25) is 5.91 Å². The molecule has 2 aromatic rings. The van der Waals surface area contributed by atoms with Crippen LogP contribution in [0.5, 0.6) is 0 Å². The Labute approximate surface area is 135 Å². The topological polar surface area (TPSA) is 54.5 Å². The summed E-state index contributed by atoms with van der Waals surface area (Å²) in [5.74, 6) is -0.241. The highest BCUT2D eigenvalue weighted by Crippen LogP contribution is 2.48. The Kier molecular flexibility index (Phi) is 3.10. The fraction of sp³-hybridized carbons (Fsp3) is 0.278. The number of fused-ring (bicyclic) bond motifs is 3. The number of carbonyl (C=O) groups is 1. The van der Waals surface area contributed by atoms with E-state index in [1.165, 1.54) is 0 Å². The average molecular weight is 327 g/mol. The zero-order valence-corrected chi connectivity index (χ0v) is 13.6. The minimum absolute atomic E-state index is 0.0557. The van der Waals surface area contributed by atoms with Crippen molar-refractivity contribution < 1.29 is 13.2 Å².